The first-order valence-electron chi connectivity index (χ1n) is 8.57. The molecule has 24 heavy (non-hydrogen) atoms. The molecule has 2 saturated carbocycles. The summed E-state index contributed by atoms with van der Waals surface area (Å²) in [5.74, 6) is 2.22. The molecule has 4 atom stereocenters. The molecule has 0 aliphatic heterocycles. The van der Waals surface area contributed by atoms with Crippen LogP contribution in [0.1, 0.15) is 44.1 Å². The van der Waals surface area contributed by atoms with Crippen LogP contribution in [-0.2, 0) is 0 Å². The SMILES string of the molecule is CCSC1CCC(NC(=NC)NC2CC2c2ccccc2F)C1.I. The lowest BCUT2D eigenvalue weighted by Crippen LogP contribution is -2.43. The van der Waals surface area contributed by atoms with Gasteiger partial charge in [0, 0.05) is 30.3 Å². The van der Waals surface area contributed by atoms with Crippen LogP contribution in [0.25, 0.3) is 0 Å². The van der Waals surface area contributed by atoms with E-state index >= 15 is 0 Å². The van der Waals surface area contributed by atoms with Crippen LogP contribution in [0.5, 0.6) is 0 Å². The van der Waals surface area contributed by atoms with Crippen LogP contribution in [-0.4, -0.2) is 36.1 Å². The minimum Gasteiger partial charge on any atom is -0.354 e. The number of hydrogen-bond acceptors (Lipinski definition) is 2. The van der Waals surface area contributed by atoms with Gasteiger partial charge in [0.2, 0.25) is 0 Å². The maximum absolute atomic E-state index is 13.8. The van der Waals surface area contributed by atoms with E-state index in [4.69, 9.17) is 0 Å². The first-order valence-corrected chi connectivity index (χ1v) is 9.62. The standard InChI is InChI=1S/C18H26FN3S.HI/c1-3-23-13-9-8-12(10-13)21-18(20-2)22-17-11-15(17)14-6-4-5-7-16(14)19;/h4-7,12-13,15,17H,3,8-11H2,1-2H3,(H2,20,21,22);1H. The number of hydrogen-bond donors (Lipinski definition) is 2. The molecule has 1 aromatic rings. The highest BCUT2D eigenvalue weighted by atomic mass is 127. The molecule has 0 amide bonds. The van der Waals surface area contributed by atoms with Gasteiger partial charge in [-0.15, -0.1) is 24.0 Å². The number of guanidine groups is 1. The third kappa shape index (κ3) is 5.00. The lowest BCUT2D eigenvalue weighted by molar-refractivity contribution is 0.602. The molecule has 2 aliphatic rings. The minimum atomic E-state index is -0.0972. The minimum absolute atomic E-state index is 0. The summed E-state index contributed by atoms with van der Waals surface area (Å²) in [6.45, 7) is 2.22. The predicted octanol–water partition coefficient (Wildman–Crippen LogP) is 4.14. The Bertz CT molecular complexity index is 569. The molecule has 134 valence electrons. The van der Waals surface area contributed by atoms with Gasteiger partial charge in [-0.2, -0.15) is 11.8 Å². The van der Waals surface area contributed by atoms with Crippen LogP contribution in [0, 0.1) is 5.82 Å². The van der Waals surface area contributed by atoms with E-state index in [1.165, 1.54) is 25.0 Å². The monoisotopic (exact) mass is 463 g/mol. The molecule has 0 heterocycles. The zero-order valence-corrected chi connectivity index (χ0v) is 17.4. The zero-order valence-electron chi connectivity index (χ0n) is 14.3. The molecule has 0 spiro atoms. The van der Waals surface area contributed by atoms with Crippen LogP contribution in [0.4, 0.5) is 4.39 Å². The Hall–Kier alpha value is -0.500. The van der Waals surface area contributed by atoms with Crippen molar-refractivity contribution in [2.24, 2.45) is 4.99 Å². The average molecular weight is 463 g/mol. The normalized spacial score (nSPS) is 29.0. The summed E-state index contributed by atoms with van der Waals surface area (Å²) in [5, 5.41) is 7.78. The molecule has 0 bridgehead atoms. The second-order valence-corrected chi connectivity index (χ2v) is 8.00. The molecule has 0 radical (unpaired) electrons. The lowest BCUT2D eigenvalue weighted by atomic mass is 10.1. The van der Waals surface area contributed by atoms with E-state index < -0.39 is 0 Å². The van der Waals surface area contributed by atoms with Gasteiger partial charge in [0.05, 0.1) is 0 Å². The first kappa shape index (κ1) is 19.8. The van der Waals surface area contributed by atoms with Crippen LogP contribution in [0.3, 0.4) is 0 Å². The Morgan fingerprint density at radius 3 is 2.75 bits per heavy atom. The van der Waals surface area contributed by atoms with Gasteiger partial charge in [-0.3, -0.25) is 4.99 Å². The van der Waals surface area contributed by atoms with E-state index in [2.05, 4.69) is 34.3 Å². The third-order valence-electron chi connectivity index (χ3n) is 4.77. The second kappa shape index (κ2) is 9.27. The summed E-state index contributed by atoms with van der Waals surface area (Å²) in [7, 11) is 1.81. The van der Waals surface area contributed by atoms with E-state index in [1.54, 1.807) is 12.1 Å². The Morgan fingerprint density at radius 1 is 1.25 bits per heavy atom. The Kier molecular flexibility index (Phi) is 7.65. The van der Waals surface area contributed by atoms with Gasteiger partial charge >= 0.3 is 0 Å². The molecule has 2 fully saturated rings. The Morgan fingerprint density at radius 2 is 2.04 bits per heavy atom. The molecule has 2 N–H and O–H groups in total. The van der Waals surface area contributed by atoms with Crippen molar-refractivity contribution in [2.75, 3.05) is 12.8 Å². The largest absolute Gasteiger partial charge is 0.354 e. The second-order valence-electron chi connectivity index (χ2n) is 6.42. The maximum atomic E-state index is 13.8. The number of nitrogens with zero attached hydrogens (tertiary/aromatic N) is 1. The van der Waals surface area contributed by atoms with Crippen molar-refractivity contribution in [2.45, 2.75) is 55.9 Å². The molecule has 4 unspecified atom stereocenters. The summed E-state index contributed by atoms with van der Waals surface area (Å²) >= 11 is 2.06. The molecule has 3 nitrogen and oxygen atoms in total. The smallest absolute Gasteiger partial charge is 0.191 e. The van der Waals surface area contributed by atoms with Crippen molar-refractivity contribution in [3.05, 3.63) is 35.6 Å². The molecular formula is C18H27FIN3S. The Balaban J connectivity index is 0.00000208. The molecular weight excluding hydrogens is 436 g/mol. The van der Waals surface area contributed by atoms with Gasteiger partial charge < -0.3 is 10.6 Å². The van der Waals surface area contributed by atoms with Gasteiger partial charge in [0.25, 0.3) is 0 Å². The fourth-order valence-electron chi connectivity index (χ4n) is 3.47. The van der Waals surface area contributed by atoms with Gasteiger partial charge in [-0.1, -0.05) is 25.1 Å². The highest BCUT2D eigenvalue weighted by Crippen LogP contribution is 2.41. The number of thioether (sulfide) groups is 1. The van der Waals surface area contributed by atoms with Crippen LogP contribution in [0.15, 0.2) is 29.3 Å². The van der Waals surface area contributed by atoms with Crippen LogP contribution < -0.4 is 10.6 Å². The summed E-state index contributed by atoms with van der Waals surface area (Å²) in [6, 6.07) is 7.89. The van der Waals surface area contributed by atoms with Crippen molar-refractivity contribution >= 4 is 41.7 Å². The average Bonchev–Trinajstić information content (AvgIpc) is 3.17. The van der Waals surface area contributed by atoms with Crippen molar-refractivity contribution in [3.63, 3.8) is 0 Å². The highest BCUT2D eigenvalue weighted by molar-refractivity contribution is 14.0. The fraction of sp³-hybridized carbons (Fsp3) is 0.611. The number of aliphatic imine (C=N–C) groups is 1. The third-order valence-corrected chi connectivity index (χ3v) is 6.00. The molecule has 6 heteroatoms. The maximum Gasteiger partial charge on any atom is 0.191 e. The number of benzene rings is 1. The highest BCUT2D eigenvalue weighted by Gasteiger charge is 2.40. The van der Waals surface area contributed by atoms with Crippen molar-refractivity contribution in [1.29, 1.82) is 0 Å². The first-order chi connectivity index (χ1) is 11.2. The van der Waals surface area contributed by atoms with Gasteiger partial charge in [-0.25, -0.2) is 4.39 Å². The molecule has 2 aliphatic carbocycles. The quantitative estimate of drug-likeness (QED) is 0.392. The van der Waals surface area contributed by atoms with Crippen molar-refractivity contribution in [3.8, 4) is 0 Å². The molecule has 0 saturated heterocycles. The van der Waals surface area contributed by atoms with E-state index in [0.717, 1.165) is 23.2 Å². The number of nitrogens with one attached hydrogen (secondary N) is 2. The summed E-state index contributed by atoms with van der Waals surface area (Å²) in [5.41, 5.74) is 0.820. The van der Waals surface area contributed by atoms with Crippen molar-refractivity contribution in [1.82, 2.24) is 10.6 Å². The Labute approximate surface area is 165 Å². The summed E-state index contributed by atoms with van der Waals surface area (Å²) in [4.78, 5) is 4.35. The molecule has 0 aromatic heterocycles. The van der Waals surface area contributed by atoms with Gasteiger partial charge in [0.15, 0.2) is 5.96 Å². The fourth-order valence-corrected chi connectivity index (χ4v) is 4.61. The zero-order chi connectivity index (χ0) is 16.2. The van der Waals surface area contributed by atoms with Gasteiger partial charge in [-0.05, 0) is 43.1 Å². The number of halogens is 2. The van der Waals surface area contributed by atoms with E-state index in [9.17, 15) is 4.39 Å². The molecule has 3 rings (SSSR count). The van der Waals surface area contributed by atoms with E-state index in [0.29, 0.717) is 12.1 Å². The van der Waals surface area contributed by atoms with E-state index in [-0.39, 0.29) is 35.7 Å². The van der Waals surface area contributed by atoms with Crippen LogP contribution >= 0.6 is 35.7 Å². The number of rotatable bonds is 5. The van der Waals surface area contributed by atoms with Crippen LogP contribution in [0.2, 0.25) is 0 Å². The summed E-state index contributed by atoms with van der Waals surface area (Å²) < 4.78 is 13.8. The lowest BCUT2D eigenvalue weighted by Gasteiger charge is -2.17. The molecule has 1 aromatic carbocycles. The summed E-state index contributed by atoms with van der Waals surface area (Å²) in [6.07, 6.45) is 4.68. The van der Waals surface area contributed by atoms with E-state index in [1.807, 2.05) is 19.2 Å². The van der Waals surface area contributed by atoms with Gasteiger partial charge in [0.1, 0.15) is 5.82 Å². The van der Waals surface area contributed by atoms with Crippen molar-refractivity contribution < 1.29 is 4.39 Å². The topological polar surface area (TPSA) is 36.4 Å². The predicted molar refractivity (Wildman–Crippen MR) is 112 cm³/mol.